The predicted molar refractivity (Wildman–Crippen MR) is 135 cm³/mol. The number of rotatable bonds is 6. The van der Waals surface area contributed by atoms with Crippen LogP contribution >= 0.6 is 0 Å². The van der Waals surface area contributed by atoms with Crippen molar-refractivity contribution >= 4 is 5.97 Å². The molecule has 2 aliphatic carbocycles. The van der Waals surface area contributed by atoms with E-state index in [0.29, 0.717) is 43.1 Å². The van der Waals surface area contributed by atoms with E-state index in [4.69, 9.17) is 14.6 Å². The van der Waals surface area contributed by atoms with Crippen molar-refractivity contribution < 1.29 is 32.5 Å². The molecule has 8 heteroatoms. The molecule has 0 saturated heterocycles. The number of alkyl halides is 3. The maximum atomic E-state index is 14.1. The number of halogens is 3. The van der Waals surface area contributed by atoms with E-state index in [0.717, 1.165) is 29.5 Å². The van der Waals surface area contributed by atoms with E-state index < -0.39 is 17.7 Å². The second-order valence-corrected chi connectivity index (χ2v) is 10.3. The molecule has 0 bridgehead atoms. The van der Waals surface area contributed by atoms with Gasteiger partial charge in [-0.25, -0.2) is 0 Å². The van der Waals surface area contributed by atoms with Crippen LogP contribution in [0.25, 0.3) is 0 Å². The summed E-state index contributed by atoms with van der Waals surface area (Å²) in [4.78, 5) is 13.1. The van der Waals surface area contributed by atoms with Gasteiger partial charge in [0.15, 0.2) is 0 Å². The maximum absolute atomic E-state index is 14.1. The van der Waals surface area contributed by atoms with Crippen molar-refractivity contribution in [1.29, 1.82) is 0 Å². The van der Waals surface area contributed by atoms with Crippen LogP contribution in [0.3, 0.4) is 0 Å². The van der Waals surface area contributed by atoms with Gasteiger partial charge in [-0.1, -0.05) is 30.4 Å². The number of benzene rings is 2. The molecule has 198 valence electrons. The largest absolute Gasteiger partial charge is 0.492 e. The number of nitrogens with zero attached hydrogens (tertiary/aromatic N) is 1. The molecule has 2 aliphatic heterocycles. The first-order chi connectivity index (χ1) is 18.3. The van der Waals surface area contributed by atoms with E-state index in [-0.39, 0.29) is 25.0 Å². The van der Waals surface area contributed by atoms with E-state index >= 15 is 0 Å². The van der Waals surface area contributed by atoms with Crippen molar-refractivity contribution in [3.8, 4) is 11.5 Å². The third-order valence-electron chi connectivity index (χ3n) is 7.89. The fourth-order valence-corrected chi connectivity index (χ4v) is 6.06. The van der Waals surface area contributed by atoms with Gasteiger partial charge in [-0.05, 0) is 65.7 Å². The van der Waals surface area contributed by atoms with Gasteiger partial charge in [0.05, 0.1) is 18.6 Å². The van der Waals surface area contributed by atoms with Crippen molar-refractivity contribution in [3.05, 3.63) is 93.7 Å². The first-order valence-electron chi connectivity index (χ1n) is 12.9. The summed E-state index contributed by atoms with van der Waals surface area (Å²) in [6.07, 6.45) is 6.14. The van der Waals surface area contributed by atoms with Crippen LogP contribution in [0.15, 0.2) is 65.9 Å². The summed E-state index contributed by atoms with van der Waals surface area (Å²) in [5, 5.41) is 9.12. The average Bonchev–Trinajstić information content (AvgIpc) is 3.47. The Balaban J connectivity index is 1.26. The summed E-state index contributed by atoms with van der Waals surface area (Å²) in [7, 11) is 0. The highest BCUT2D eigenvalue weighted by molar-refractivity contribution is 5.68. The molecule has 38 heavy (non-hydrogen) atoms. The molecule has 2 heterocycles. The van der Waals surface area contributed by atoms with Crippen LogP contribution in [0.4, 0.5) is 13.2 Å². The SMILES string of the molecule is O=C(O)C[C@@H]1COc2cc(O[C@@H]3CCc4c3ccc(C(F)(F)F)c4CN3C=C4CC=CC=C4CC3)ccc21. The second-order valence-electron chi connectivity index (χ2n) is 10.3. The first-order valence-corrected chi connectivity index (χ1v) is 12.9. The molecule has 4 aliphatic rings. The van der Waals surface area contributed by atoms with E-state index in [1.165, 1.54) is 17.2 Å². The number of carboxylic acids is 1. The summed E-state index contributed by atoms with van der Waals surface area (Å²) in [6, 6.07) is 8.13. The Hall–Kier alpha value is -3.68. The molecule has 0 spiro atoms. The van der Waals surface area contributed by atoms with Gasteiger partial charge in [0.25, 0.3) is 0 Å². The maximum Gasteiger partial charge on any atom is 0.416 e. The van der Waals surface area contributed by atoms with E-state index in [1.807, 2.05) is 23.2 Å². The van der Waals surface area contributed by atoms with Gasteiger partial charge in [-0.15, -0.1) is 0 Å². The zero-order valence-electron chi connectivity index (χ0n) is 20.8. The minimum absolute atomic E-state index is 0.00444. The minimum atomic E-state index is -4.44. The lowest BCUT2D eigenvalue weighted by Gasteiger charge is -2.31. The molecular weight excluding hydrogens is 495 g/mol. The van der Waals surface area contributed by atoms with Crippen molar-refractivity contribution in [2.75, 3.05) is 13.2 Å². The fraction of sp³-hybridized carbons (Fsp3) is 0.367. The standard InChI is InChI=1S/C30H28F3NO4/c31-30(32,33)26-9-7-24-23(25(26)16-34-12-11-18-3-1-2-4-19(18)15-34)8-10-27(24)38-21-5-6-22-20(13-29(35)36)17-37-28(22)14-21/h1-3,5-7,9,14-15,20,27H,4,8,10-13,16-17H2,(H,35,36)/t20-,27-/m1/s1. The van der Waals surface area contributed by atoms with Gasteiger partial charge < -0.3 is 19.5 Å². The molecule has 1 N–H and O–H groups in total. The Morgan fingerprint density at radius 2 is 1.97 bits per heavy atom. The Kier molecular flexibility index (Phi) is 6.20. The van der Waals surface area contributed by atoms with Gasteiger partial charge in [0.1, 0.15) is 17.6 Å². The minimum Gasteiger partial charge on any atom is -0.492 e. The van der Waals surface area contributed by atoms with Crippen LogP contribution < -0.4 is 9.47 Å². The normalized spacial score (nSPS) is 21.7. The van der Waals surface area contributed by atoms with E-state index in [1.54, 1.807) is 18.2 Å². The van der Waals surface area contributed by atoms with Crippen LogP contribution in [0.5, 0.6) is 11.5 Å². The summed E-state index contributed by atoms with van der Waals surface area (Å²) < 4.78 is 54.2. The third-order valence-corrected chi connectivity index (χ3v) is 7.89. The highest BCUT2D eigenvalue weighted by Crippen LogP contribution is 2.44. The number of allylic oxidation sites excluding steroid dienone is 4. The summed E-state index contributed by atoms with van der Waals surface area (Å²) in [5.41, 5.74) is 4.56. The number of carbonyl (C=O) groups is 1. The lowest BCUT2D eigenvalue weighted by atomic mass is 9.92. The number of carboxylic acid groups (broad SMARTS) is 1. The Morgan fingerprint density at radius 3 is 2.79 bits per heavy atom. The molecule has 0 saturated carbocycles. The second kappa shape index (κ2) is 9.57. The molecule has 2 aromatic rings. The Labute approximate surface area is 218 Å². The highest BCUT2D eigenvalue weighted by Gasteiger charge is 2.38. The zero-order chi connectivity index (χ0) is 26.4. The first kappa shape index (κ1) is 24.6. The topological polar surface area (TPSA) is 59.0 Å². The van der Waals surface area contributed by atoms with Gasteiger partial charge >= 0.3 is 12.1 Å². The quantitative estimate of drug-likeness (QED) is 0.457. The van der Waals surface area contributed by atoms with Crippen LogP contribution in [0, 0.1) is 0 Å². The molecule has 0 radical (unpaired) electrons. The molecule has 2 aromatic carbocycles. The zero-order valence-corrected chi connectivity index (χ0v) is 20.8. The molecule has 0 fully saturated rings. The molecule has 0 unspecified atom stereocenters. The van der Waals surface area contributed by atoms with Gasteiger partial charge in [0.2, 0.25) is 0 Å². The van der Waals surface area contributed by atoms with E-state index in [2.05, 4.69) is 12.2 Å². The molecule has 5 nitrogen and oxygen atoms in total. The smallest absolute Gasteiger partial charge is 0.416 e. The van der Waals surface area contributed by atoms with Gasteiger partial charge in [0, 0.05) is 36.8 Å². The van der Waals surface area contributed by atoms with Crippen LogP contribution in [-0.4, -0.2) is 29.1 Å². The van der Waals surface area contributed by atoms with Crippen molar-refractivity contribution in [2.45, 2.75) is 56.8 Å². The Morgan fingerprint density at radius 1 is 1.13 bits per heavy atom. The van der Waals surface area contributed by atoms with Gasteiger partial charge in [-0.2, -0.15) is 13.2 Å². The van der Waals surface area contributed by atoms with Crippen molar-refractivity contribution in [3.63, 3.8) is 0 Å². The number of aliphatic carboxylic acids is 1. The summed E-state index contributed by atoms with van der Waals surface area (Å²) in [6.45, 7) is 1.20. The van der Waals surface area contributed by atoms with Crippen LogP contribution in [0.1, 0.15) is 65.5 Å². The highest BCUT2D eigenvalue weighted by atomic mass is 19.4. The monoisotopic (exact) mass is 523 g/mol. The average molecular weight is 524 g/mol. The number of ether oxygens (including phenoxy) is 2. The number of hydrogen-bond donors (Lipinski definition) is 1. The Bertz CT molecular complexity index is 1370. The van der Waals surface area contributed by atoms with Crippen molar-refractivity contribution in [2.24, 2.45) is 0 Å². The lowest BCUT2D eigenvalue weighted by Crippen LogP contribution is -2.26. The molecule has 0 amide bonds. The fourth-order valence-electron chi connectivity index (χ4n) is 6.06. The van der Waals surface area contributed by atoms with Crippen LogP contribution in [0.2, 0.25) is 0 Å². The third kappa shape index (κ3) is 4.68. The summed E-state index contributed by atoms with van der Waals surface area (Å²) >= 11 is 0. The van der Waals surface area contributed by atoms with Crippen molar-refractivity contribution in [1.82, 2.24) is 4.90 Å². The van der Waals surface area contributed by atoms with E-state index in [9.17, 15) is 18.0 Å². The molecule has 0 aromatic heterocycles. The lowest BCUT2D eigenvalue weighted by molar-refractivity contribution is -0.139. The molecule has 6 rings (SSSR count). The van der Waals surface area contributed by atoms with Gasteiger partial charge in [-0.3, -0.25) is 4.79 Å². The predicted octanol–water partition coefficient (Wildman–Crippen LogP) is 6.70. The van der Waals surface area contributed by atoms with Crippen LogP contribution in [-0.2, 0) is 23.9 Å². The molecular formula is C30H28F3NO4. The number of hydrogen-bond acceptors (Lipinski definition) is 4. The molecule has 2 atom stereocenters. The summed E-state index contributed by atoms with van der Waals surface area (Å²) in [5.74, 6) is 0.0818. The number of fused-ring (bicyclic) bond motifs is 3.